The zero-order valence-corrected chi connectivity index (χ0v) is 10.2. The Kier molecular flexibility index (Phi) is 2.73. The van der Waals surface area contributed by atoms with Crippen LogP contribution in [0.15, 0.2) is 67.4 Å². The van der Waals surface area contributed by atoms with E-state index in [-0.39, 0.29) is 0 Å². The summed E-state index contributed by atoms with van der Waals surface area (Å²) in [5.74, 6) is 0. The molecular formula is C17H15N. The van der Waals surface area contributed by atoms with E-state index in [1.54, 1.807) is 0 Å². The number of benzene rings is 2. The van der Waals surface area contributed by atoms with Crippen molar-refractivity contribution in [3.63, 3.8) is 0 Å². The molecule has 88 valence electrons. The lowest BCUT2D eigenvalue weighted by molar-refractivity contribution is 0.836. The Labute approximate surface area is 107 Å². The third kappa shape index (κ3) is 1.84. The first kappa shape index (κ1) is 10.8. The molecule has 0 radical (unpaired) electrons. The number of hydrogen-bond donors (Lipinski definition) is 0. The highest BCUT2D eigenvalue weighted by molar-refractivity contribution is 5.89. The van der Waals surface area contributed by atoms with Crippen LogP contribution in [0.3, 0.4) is 0 Å². The maximum atomic E-state index is 3.89. The van der Waals surface area contributed by atoms with Crippen LogP contribution >= 0.6 is 0 Å². The molecule has 0 N–H and O–H groups in total. The standard InChI is InChI=1S/C17H15N/c1-2-15-13-18(12-14-8-4-3-5-9-14)17-11-7-6-10-16(15)17/h2-11,13H,1,12H2. The van der Waals surface area contributed by atoms with Crippen LogP contribution < -0.4 is 0 Å². The summed E-state index contributed by atoms with van der Waals surface area (Å²) >= 11 is 0. The maximum absolute atomic E-state index is 3.89. The topological polar surface area (TPSA) is 4.93 Å². The Morgan fingerprint density at radius 2 is 1.67 bits per heavy atom. The molecule has 0 amide bonds. The zero-order chi connectivity index (χ0) is 12.4. The van der Waals surface area contributed by atoms with Gasteiger partial charge in [0.25, 0.3) is 0 Å². The van der Waals surface area contributed by atoms with Gasteiger partial charge in [0.15, 0.2) is 0 Å². The van der Waals surface area contributed by atoms with Crippen LogP contribution in [0.2, 0.25) is 0 Å². The number of nitrogens with zero attached hydrogens (tertiary/aromatic N) is 1. The Balaban J connectivity index is 2.10. The van der Waals surface area contributed by atoms with Gasteiger partial charge in [-0.25, -0.2) is 0 Å². The van der Waals surface area contributed by atoms with Crippen molar-refractivity contribution in [1.29, 1.82) is 0 Å². The van der Waals surface area contributed by atoms with Crippen LogP contribution in [0.25, 0.3) is 17.0 Å². The highest BCUT2D eigenvalue weighted by Gasteiger charge is 2.05. The van der Waals surface area contributed by atoms with E-state index in [0.717, 1.165) is 6.54 Å². The van der Waals surface area contributed by atoms with Gasteiger partial charge in [0.1, 0.15) is 0 Å². The van der Waals surface area contributed by atoms with Crippen molar-refractivity contribution >= 4 is 17.0 Å². The van der Waals surface area contributed by atoms with E-state index in [1.165, 1.54) is 22.0 Å². The molecule has 0 bridgehead atoms. The lowest BCUT2D eigenvalue weighted by Crippen LogP contribution is -1.97. The van der Waals surface area contributed by atoms with Crippen molar-refractivity contribution in [1.82, 2.24) is 4.57 Å². The van der Waals surface area contributed by atoms with Crippen molar-refractivity contribution < 1.29 is 0 Å². The van der Waals surface area contributed by atoms with Crippen LogP contribution in [0, 0.1) is 0 Å². The van der Waals surface area contributed by atoms with Crippen LogP contribution in [-0.2, 0) is 6.54 Å². The molecule has 3 rings (SSSR count). The minimum absolute atomic E-state index is 0.898. The first-order valence-corrected chi connectivity index (χ1v) is 6.13. The highest BCUT2D eigenvalue weighted by atomic mass is 15.0. The number of rotatable bonds is 3. The molecule has 0 spiro atoms. The van der Waals surface area contributed by atoms with Gasteiger partial charge < -0.3 is 4.57 Å². The predicted octanol–water partition coefficient (Wildman–Crippen LogP) is 4.33. The number of fused-ring (bicyclic) bond motifs is 1. The second kappa shape index (κ2) is 4.53. The van der Waals surface area contributed by atoms with Crippen molar-refractivity contribution in [3.8, 4) is 0 Å². The SMILES string of the molecule is C=Cc1cn(Cc2ccccc2)c2ccccc12. The molecule has 0 saturated carbocycles. The molecule has 0 atom stereocenters. The summed E-state index contributed by atoms with van der Waals surface area (Å²) in [6.07, 6.45) is 4.09. The Bertz CT molecular complexity index is 677. The molecule has 0 aliphatic carbocycles. The molecule has 1 aromatic heterocycles. The van der Waals surface area contributed by atoms with Crippen LogP contribution in [-0.4, -0.2) is 4.57 Å². The molecule has 0 unspecified atom stereocenters. The smallest absolute Gasteiger partial charge is 0.0489 e. The van der Waals surface area contributed by atoms with Gasteiger partial charge >= 0.3 is 0 Å². The van der Waals surface area contributed by atoms with Gasteiger partial charge in [-0.3, -0.25) is 0 Å². The van der Waals surface area contributed by atoms with Gasteiger partial charge in [0.2, 0.25) is 0 Å². The monoisotopic (exact) mass is 233 g/mol. The van der Waals surface area contributed by atoms with Gasteiger partial charge in [-0.1, -0.05) is 61.2 Å². The fourth-order valence-electron chi connectivity index (χ4n) is 2.35. The summed E-state index contributed by atoms with van der Waals surface area (Å²) in [6.45, 7) is 4.79. The molecular weight excluding hydrogens is 218 g/mol. The number of hydrogen-bond acceptors (Lipinski definition) is 0. The molecule has 2 aromatic carbocycles. The molecule has 0 aliphatic rings. The quantitative estimate of drug-likeness (QED) is 0.634. The number of para-hydroxylation sites is 1. The minimum atomic E-state index is 0.898. The lowest BCUT2D eigenvalue weighted by atomic mass is 10.2. The normalized spacial score (nSPS) is 10.7. The molecule has 0 aliphatic heterocycles. The molecule has 3 aromatic rings. The summed E-state index contributed by atoms with van der Waals surface area (Å²) < 4.78 is 2.28. The van der Waals surface area contributed by atoms with E-state index < -0.39 is 0 Å². The van der Waals surface area contributed by atoms with E-state index >= 15 is 0 Å². The predicted molar refractivity (Wildman–Crippen MR) is 77.6 cm³/mol. The third-order valence-electron chi connectivity index (χ3n) is 3.24. The summed E-state index contributed by atoms with van der Waals surface area (Å²) in [7, 11) is 0. The molecule has 1 heteroatoms. The molecule has 1 nitrogen and oxygen atoms in total. The van der Waals surface area contributed by atoms with Crippen molar-refractivity contribution in [2.24, 2.45) is 0 Å². The van der Waals surface area contributed by atoms with Gasteiger partial charge in [0, 0.05) is 23.6 Å². The lowest BCUT2D eigenvalue weighted by Gasteiger charge is -2.05. The van der Waals surface area contributed by atoms with Gasteiger partial charge in [-0.2, -0.15) is 0 Å². The van der Waals surface area contributed by atoms with Gasteiger partial charge in [-0.05, 0) is 17.2 Å². The van der Waals surface area contributed by atoms with Crippen LogP contribution in [0.4, 0.5) is 0 Å². The van der Waals surface area contributed by atoms with Crippen molar-refractivity contribution in [2.45, 2.75) is 6.54 Å². The van der Waals surface area contributed by atoms with Crippen LogP contribution in [0.1, 0.15) is 11.1 Å². The fourth-order valence-corrected chi connectivity index (χ4v) is 2.35. The van der Waals surface area contributed by atoms with Crippen molar-refractivity contribution in [3.05, 3.63) is 78.5 Å². The largest absolute Gasteiger partial charge is 0.342 e. The highest BCUT2D eigenvalue weighted by Crippen LogP contribution is 2.23. The second-order valence-corrected chi connectivity index (χ2v) is 4.42. The average molecular weight is 233 g/mol. The second-order valence-electron chi connectivity index (χ2n) is 4.42. The number of aromatic nitrogens is 1. The summed E-state index contributed by atoms with van der Waals surface area (Å²) in [5.41, 5.74) is 3.77. The zero-order valence-electron chi connectivity index (χ0n) is 10.2. The van der Waals surface area contributed by atoms with E-state index in [9.17, 15) is 0 Å². The van der Waals surface area contributed by atoms with Gasteiger partial charge in [0.05, 0.1) is 0 Å². The Morgan fingerprint density at radius 3 is 2.44 bits per heavy atom. The van der Waals surface area contributed by atoms with Crippen LogP contribution in [0.5, 0.6) is 0 Å². The fraction of sp³-hybridized carbons (Fsp3) is 0.0588. The molecule has 0 saturated heterocycles. The van der Waals surface area contributed by atoms with E-state index in [4.69, 9.17) is 0 Å². The third-order valence-corrected chi connectivity index (χ3v) is 3.24. The summed E-state index contributed by atoms with van der Waals surface area (Å²) in [6, 6.07) is 19.0. The summed E-state index contributed by atoms with van der Waals surface area (Å²) in [4.78, 5) is 0. The molecule has 1 heterocycles. The minimum Gasteiger partial charge on any atom is -0.342 e. The average Bonchev–Trinajstić information content (AvgIpc) is 2.78. The molecule has 0 fully saturated rings. The first-order valence-electron chi connectivity index (χ1n) is 6.13. The van der Waals surface area contributed by atoms with E-state index in [2.05, 4.69) is 65.9 Å². The van der Waals surface area contributed by atoms with Crippen molar-refractivity contribution in [2.75, 3.05) is 0 Å². The van der Waals surface area contributed by atoms with E-state index in [1.807, 2.05) is 12.1 Å². The summed E-state index contributed by atoms with van der Waals surface area (Å²) in [5, 5.41) is 1.27. The first-order chi connectivity index (χ1) is 8.88. The van der Waals surface area contributed by atoms with Gasteiger partial charge in [-0.15, -0.1) is 0 Å². The maximum Gasteiger partial charge on any atom is 0.0489 e. The Morgan fingerprint density at radius 1 is 0.944 bits per heavy atom. The Hall–Kier alpha value is -2.28. The van der Waals surface area contributed by atoms with E-state index in [0.29, 0.717) is 0 Å². The molecule has 18 heavy (non-hydrogen) atoms.